The smallest absolute Gasteiger partial charge is 0.137 e. The van der Waals surface area contributed by atoms with Crippen molar-refractivity contribution in [2.24, 2.45) is 0 Å². The number of likely N-dealkylation sites (N-methyl/N-ethyl adjacent to an activating group) is 1. The molecule has 1 aliphatic heterocycles. The van der Waals surface area contributed by atoms with Gasteiger partial charge in [-0.05, 0) is 38.0 Å². The topological polar surface area (TPSA) is 38.3 Å². The molecular weight excluding hydrogens is 264 g/mol. The molecule has 21 heavy (non-hydrogen) atoms. The van der Waals surface area contributed by atoms with Gasteiger partial charge < -0.3 is 19.6 Å². The van der Waals surface area contributed by atoms with Crippen molar-refractivity contribution in [3.63, 3.8) is 0 Å². The Hall–Kier alpha value is -1.10. The van der Waals surface area contributed by atoms with E-state index in [0.717, 1.165) is 30.9 Å². The minimum Gasteiger partial charge on any atom is -0.490 e. The Bertz CT molecular complexity index is 442. The first-order chi connectivity index (χ1) is 10.1. The summed E-state index contributed by atoms with van der Waals surface area (Å²) in [5.41, 5.74) is 2.31. The first-order valence-electron chi connectivity index (χ1n) is 8.13. The quantitative estimate of drug-likeness (QED) is 0.620. The van der Waals surface area contributed by atoms with Crippen LogP contribution in [0.2, 0.25) is 0 Å². The van der Waals surface area contributed by atoms with Crippen molar-refractivity contribution in [3.8, 4) is 5.75 Å². The van der Waals surface area contributed by atoms with E-state index in [2.05, 4.69) is 26.0 Å². The van der Waals surface area contributed by atoms with E-state index in [1.807, 2.05) is 13.0 Å². The summed E-state index contributed by atoms with van der Waals surface area (Å²) < 4.78 is 5.79. The second kappa shape index (κ2) is 7.78. The second-order valence-electron chi connectivity index (χ2n) is 6.29. The minimum atomic E-state index is -0.386. The molecule has 1 unspecified atom stereocenters. The van der Waals surface area contributed by atoms with Crippen LogP contribution >= 0.6 is 0 Å². The average Bonchev–Trinajstić information content (AvgIpc) is 2.49. The summed E-state index contributed by atoms with van der Waals surface area (Å²) in [6, 6.07) is 6.19. The van der Waals surface area contributed by atoms with E-state index in [0.29, 0.717) is 6.61 Å². The molecule has 1 aromatic rings. The van der Waals surface area contributed by atoms with Gasteiger partial charge in [0.15, 0.2) is 0 Å². The molecule has 118 valence electrons. The fraction of sp³-hybridized carbons (Fsp3) is 0.647. The van der Waals surface area contributed by atoms with Crippen molar-refractivity contribution in [1.29, 1.82) is 0 Å². The van der Waals surface area contributed by atoms with Crippen LogP contribution in [0.25, 0.3) is 0 Å². The van der Waals surface area contributed by atoms with Gasteiger partial charge in [-0.25, -0.2) is 0 Å². The molecule has 3 N–H and O–H groups in total. The van der Waals surface area contributed by atoms with Gasteiger partial charge in [-0.2, -0.15) is 0 Å². The molecule has 0 saturated carbocycles. The fourth-order valence-corrected chi connectivity index (χ4v) is 2.96. The van der Waals surface area contributed by atoms with Crippen LogP contribution in [0.5, 0.6) is 5.75 Å². The molecular formula is C17H30N2O2+2. The summed E-state index contributed by atoms with van der Waals surface area (Å²) in [6.07, 6.45) is -0.386. The Labute approximate surface area is 128 Å². The van der Waals surface area contributed by atoms with Gasteiger partial charge in [0.1, 0.15) is 51.2 Å². The molecule has 2 rings (SSSR count). The lowest BCUT2D eigenvalue weighted by Gasteiger charge is -2.30. The van der Waals surface area contributed by atoms with Crippen molar-refractivity contribution in [3.05, 3.63) is 29.3 Å². The molecule has 1 aliphatic rings. The van der Waals surface area contributed by atoms with Crippen LogP contribution in [-0.4, -0.2) is 57.1 Å². The van der Waals surface area contributed by atoms with Crippen molar-refractivity contribution >= 4 is 0 Å². The Morgan fingerprint density at radius 2 is 1.81 bits per heavy atom. The average molecular weight is 294 g/mol. The van der Waals surface area contributed by atoms with E-state index in [1.54, 1.807) is 4.90 Å². The molecule has 0 amide bonds. The minimum absolute atomic E-state index is 0.386. The van der Waals surface area contributed by atoms with Crippen LogP contribution in [0, 0.1) is 13.8 Å². The highest BCUT2D eigenvalue weighted by atomic mass is 16.5. The standard InChI is InChI=1S/C17H28N2O2/c1-4-18-7-9-19(10-8-18)12-16(20)13-21-17-11-14(2)5-6-15(17)3/h5-6,11,16,20H,4,7-10,12-13H2,1-3H3/p+2. The van der Waals surface area contributed by atoms with Gasteiger partial charge in [0.05, 0.1) is 6.54 Å². The number of aryl methyl sites for hydroxylation is 2. The van der Waals surface area contributed by atoms with Gasteiger partial charge in [0, 0.05) is 0 Å². The zero-order chi connectivity index (χ0) is 15.2. The van der Waals surface area contributed by atoms with Gasteiger partial charge in [0.2, 0.25) is 0 Å². The Morgan fingerprint density at radius 3 is 2.48 bits per heavy atom. The summed E-state index contributed by atoms with van der Waals surface area (Å²) in [7, 11) is 0. The predicted molar refractivity (Wildman–Crippen MR) is 84.2 cm³/mol. The maximum Gasteiger partial charge on any atom is 0.137 e. The first-order valence-corrected chi connectivity index (χ1v) is 8.13. The van der Waals surface area contributed by atoms with Crippen molar-refractivity contribution in [2.45, 2.75) is 26.9 Å². The molecule has 0 aliphatic carbocycles. The van der Waals surface area contributed by atoms with Gasteiger partial charge in [-0.3, -0.25) is 0 Å². The predicted octanol–water partition coefficient (Wildman–Crippen LogP) is -1.15. The Morgan fingerprint density at radius 1 is 1.14 bits per heavy atom. The number of ether oxygens (including phenoxy) is 1. The summed E-state index contributed by atoms with van der Waals surface area (Å²) in [6.45, 7) is 13.5. The molecule has 1 fully saturated rings. The van der Waals surface area contributed by atoms with E-state index in [9.17, 15) is 5.11 Å². The summed E-state index contributed by atoms with van der Waals surface area (Å²) in [4.78, 5) is 3.18. The number of piperazine rings is 1. The van der Waals surface area contributed by atoms with Crippen LogP contribution in [0.3, 0.4) is 0 Å². The normalized spacial score (nSPS) is 23.8. The number of aliphatic hydroxyl groups excluding tert-OH is 1. The molecule has 0 aromatic heterocycles. The molecule has 1 heterocycles. The number of quaternary nitrogens is 2. The molecule has 1 saturated heterocycles. The molecule has 4 heteroatoms. The van der Waals surface area contributed by atoms with E-state index < -0.39 is 0 Å². The van der Waals surface area contributed by atoms with Crippen LogP contribution in [0.1, 0.15) is 18.1 Å². The Balaban J connectivity index is 1.75. The summed E-state index contributed by atoms with van der Waals surface area (Å²) in [5, 5.41) is 10.2. The molecule has 1 aromatic carbocycles. The van der Waals surface area contributed by atoms with Gasteiger partial charge in [-0.1, -0.05) is 12.1 Å². The van der Waals surface area contributed by atoms with E-state index >= 15 is 0 Å². The zero-order valence-corrected chi connectivity index (χ0v) is 13.6. The number of hydrogen-bond acceptors (Lipinski definition) is 2. The third kappa shape index (κ3) is 4.99. The monoisotopic (exact) mass is 294 g/mol. The highest BCUT2D eigenvalue weighted by molar-refractivity contribution is 5.35. The van der Waals surface area contributed by atoms with Crippen molar-refractivity contribution in [2.75, 3.05) is 45.9 Å². The zero-order valence-electron chi connectivity index (χ0n) is 13.6. The van der Waals surface area contributed by atoms with Crippen LogP contribution in [0.15, 0.2) is 18.2 Å². The molecule has 1 atom stereocenters. The third-order valence-electron chi connectivity index (χ3n) is 4.46. The lowest BCUT2D eigenvalue weighted by atomic mass is 10.1. The van der Waals surface area contributed by atoms with Gasteiger partial charge in [0.25, 0.3) is 0 Å². The van der Waals surface area contributed by atoms with E-state index in [-0.39, 0.29) is 6.10 Å². The van der Waals surface area contributed by atoms with Crippen LogP contribution < -0.4 is 14.5 Å². The van der Waals surface area contributed by atoms with Crippen LogP contribution in [-0.2, 0) is 0 Å². The Kier molecular flexibility index (Phi) is 6.03. The van der Waals surface area contributed by atoms with E-state index in [1.165, 1.54) is 30.1 Å². The lowest BCUT2D eigenvalue weighted by Crippen LogP contribution is -3.28. The molecule has 4 nitrogen and oxygen atoms in total. The molecule has 0 radical (unpaired) electrons. The number of aliphatic hydroxyl groups is 1. The number of benzene rings is 1. The van der Waals surface area contributed by atoms with Gasteiger partial charge >= 0.3 is 0 Å². The SMILES string of the molecule is CC[NH+]1CC[NH+](CC(O)COc2cc(C)ccc2C)CC1. The number of hydrogen-bond donors (Lipinski definition) is 3. The van der Waals surface area contributed by atoms with Crippen LogP contribution in [0.4, 0.5) is 0 Å². The maximum absolute atomic E-state index is 10.2. The largest absolute Gasteiger partial charge is 0.490 e. The maximum atomic E-state index is 10.2. The van der Waals surface area contributed by atoms with E-state index in [4.69, 9.17) is 4.74 Å². The third-order valence-corrected chi connectivity index (χ3v) is 4.46. The fourth-order valence-electron chi connectivity index (χ4n) is 2.96. The number of nitrogens with one attached hydrogen (secondary N) is 2. The van der Waals surface area contributed by atoms with Crippen molar-refractivity contribution in [1.82, 2.24) is 0 Å². The lowest BCUT2D eigenvalue weighted by molar-refractivity contribution is -1.01. The highest BCUT2D eigenvalue weighted by Gasteiger charge is 2.24. The summed E-state index contributed by atoms with van der Waals surface area (Å²) in [5.74, 6) is 0.893. The van der Waals surface area contributed by atoms with Gasteiger partial charge in [-0.15, -0.1) is 0 Å². The van der Waals surface area contributed by atoms with Crippen molar-refractivity contribution < 1.29 is 19.6 Å². The highest BCUT2D eigenvalue weighted by Crippen LogP contribution is 2.19. The molecule has 0 spiro atoms. The molecule has 0 bridgehead atoms. The second-order valence-corrected chi connectivity index (χ2v) is 6.29. The number of rotatable bonds is 6. The summed E-state index contributed by atoms with van der Waals surface area (Å²) >= 11 is 0. The first kappa shape index (κ1) is 16.3.